The first kappa shape index (κ1) is 25.8. The van der Waals surface area contributed by atoms with Gasteiger partial charge >= 0.3 is 6.18 Å². The molecule has 2 unspecified atom stereocenters. The van der Waals surface area contributed by atoms with Crippen LogP contribution in [0.15, 0.2) is 42.6 Å². The lowest BCUT2D eigenvalue weighted by molar-refractivity contribution is -0.137. The Morgan fingerprint density at radius 2 is 2.05 bits per heavy atom. The van der Waals surface area contributed by atoms with Gasteiger partial charge in [-0.25, -0.2) is 0 Å². The summed E-state index contributed by atoms with van der Waals surface area (Å²) in [5, 5.41) is 0. The minimum absolute atomic E-state index is 0.0266. The standard InChI is InChI=1S/C27H30F3N3O4/c28-27(29,30)20-5-4-18-6-9-32(26(35)24(18)12-20)14-23(34)11-19-13-33(22-7-10-36-17-22)15-25(19)37-16-21-3-1-2-8-31-21/h1-5,8,12,19,22,25H,6-7,9-11,13-17H2/t19?,22?,25-/m0/s1. The molecule has 4 heterocycles. The maximum absolute atomic E-state index is 13.2. The third-order valence-electron chi connectivity index (χ3n) is 7.47. The number of Topliss-reactive ketones (excluding diaryl/α,β-unsaturated/α-hetero) is 1. The van der Waals surface area contributed by atoms with Gasteiger partial charge in [0.25, 0.3) is 5.91 Å². The van der Waals surface area contributed by atoms with Crippen molar-refractivity contribution in [3.05, 3.63) is 65.0 Å². The van der Waals surface area contributed by atoms with Crippen molar-refractivity contribution in [2.45, 2.75) is 44.2 Å². The largest absolute Gasteiger partial charge is 0.416 e. The number of fused-ring (bicyclic) bond motifs is 1. The molecular formula is C27H30F3N3O4. The van der Waals surface area contributed by atoms with E-state index < -0.39 is 17.6 Å². The fourth-order valence-corrected chi connectivity index (χ4v) is 5.46. The Kier molecular flexibility index (Phi) is 7.60. The molecule has 10 heteroatoms. The number of amides is 1. The van der Waals surface area contributed by atoms with E-state index in [2.05, 4.69) is 9.88 Å². The van der Waals surface area contributed by atoms with Gasteiger partial charge in [-0.05, 0) is 42.7 Å². The number of ketones is 1. The number of halogens is 3. The highest BCUT2D eigenvalue weighted by Gasteiger charge is 2.40. The predicted octanol–water partition coefficient (Wildman–Crippen LogP) is 3.36. The molecule has 0 aliphatic carbocycles. The van der Waals surface area contributed by atoms with Crippen molar-refractivity contribution in [3.63, 3.8) is 0 Å². The molecule has 0 saturated carbocycles. The lowest BCUT2D eigenvalue weighted by Gasteiger charge is -2.29. The number of rotatable bonds is 8. The van der Waals surface area contributed by atoms with E-state index in [0.29, 0.717) is 50.9 Å². The second kappa shape index (κ2) is 10.9. The summed E-state index contributed by atoms with van der Waals surface area (Å²) in [6.45, 7) is 3.29. The molecule has 3 aliphatic heterocycles. The van der Waals surface area contributed by atoms with Gasteiger partial charge in [-0.2, -0.15) is 13.2 Å². The minimum atomic E-state index is -4.53. The van der Waals surface area contributed by atoms with Crippen LogP contribution in [0, 0.1) is 5.92 Å². The molecule has 0 bridgehead atoms. The molecule has 0 spiro atoms. The van der Waals surface area contributed by atoms with E-state index in [1.807, 2.05) is 18.2 Å². The van der Waals surface area contributed by atoms with Crippen LogP contribution >= 0.6 is 0 Å². The van der Waals surface area contributed by atoms with Crippen LogP contribution in [0.3, 0.4) is 0 Å². The normalized spacial score (nSPS) is 24.5. The maximum atomic E-state index is 13.2. The predicted molar refractivity (Wildman–Crippen MR) is 128 cm³/mol. The van der Waals surface area contributed by atoms with Gasteiger partial charge in [-0.1, -0.05) is 12.1 Å². The summed E-state index contributed by atoms with van der Waals surface area (Å²) in [5.41, 5.74) is 0.558. The molecule has 1 amide bonds. The Bertz CT molecular complexity index is 1120. The van der Waals surface area contributed by atoms with Crippen molar-refractivity contribution >= 4 is 11.7 Å². The van der Waals surface area contributed by atoms with Gasteiger partial charge in [0.15, 0.2) is 5.78 Å². The number of aromatic nitrogens is 1. The number of ether oxygens (including phenoxy) is 2. The number of nitrogens with zero attached hydrogens (tertiary/aromatic N) is 3. The van der Waals surface area contributed by atoms with Crippen LogP contribution < -0.4 is 0 Å². The maximum Gasteiger partial charge on any atom is 0.416 e. The number of pyridine rings is 1. The molecule has 2 aromatic rings. The molecule has 3 aliphatic rings. The molecule has 7 nitrogen and oxygen atoms in total. The van der Waals surface area contributed by atoms with Crippen molar-refractivity contribution < 1.29 is 32.2 Å². The van der Waals surface area contributed by atoms with Crippen LogP contribution in [0.1, 0.15) is 40.0 Å². The van der Waals surface area contributed by atoms with Crippen molar-refractivity contribution in [1.29, 1.82) is 0 Å². The summed E-state index contributed by atoms with van der Waals surface area (Å²) < 4.78 is 51.3. The van der Waals surface area contributed by atoms with E-state index in [0.717, 1.165) is 30.9 Å². The monoisotopic (exact) mass is 517 g/mol. The second-order valence-corrected chi connectivity index (χ2v) is 9.99. The summed E-state index contributed by atoms with van der Waals surface area (Å²) in [6, 6.07) is 9.18. The van der Waals surface area contributed by atoms with Gasteiger partial charge in [0.1, 0.15) is 0 Å². The Morgan fingerprint density at radius 1 is 1.19 bits per heavy atom. The van der Waals surface area contributed by atoms with Crippen LogP contribution in [0.5, 0.6) is 0 Å². The number of likely N-dealkylation sites (tertiary alicyclic amines) is 1. The number of alkyl halides is 3. The third-order valence-corrected chi connectivity index (χ3v) is 7.47. The number of hydrogen-bond donors (Lipinski definition) is 0. The first-order chi connectivity index (χ1) is 17.8. The average molecular weight is 518 g/mol. The molecule has 1 aromatic carbocycles. The van der Waals surface area contributed by atoms with E-state index in [1.54, 1.807) is 6.20 Å². The van der Waals surface area contributed by atoms with Crippen molar-refractivity contribution in [1.82, 2.24) is 14.8 Å². The van der Waals surface area contributed by atoms with Crippen LogP contribution in [-0.4, -0.2) is 78.0 Å². The number of benzene rings is 1. The summed E-state index contributed by atoms with van der Waals surface area (Å²) in [4.78, 5) is 34.1. The highest BCUT2D eigenvalue weighted by molar-refractivity contribution is 5.99. The van der Waals surface area contributed by atoms with Gasteiger partial charge in [0, 0.05) is 56.4 Å². The molecule has 2 fully saturated rings. The van der Waals surface area contributed by atoms with Gasteiger partial charge in [-0.3, -0.25) is 19.5 Å². The summed E-state index contributed by atoms with van der Waals surface area (Å²) in [6.07, 6.45) is -1.40. The highest BCUT2D eigenvalue weighted by Crippen LogP contribution is 2.33. The van der Waals surface area contributed by atoms with E-state index in [-0.39, 0.29) is 36.3 Å². The zero-order chi connectivity index (χ0) is 26.0. The first-order valence-corrected chi connectivity index (χ1v) is 12.6. The van der Waals surface area contributed by atoms with Gasteiger partial charge in [0.2, 0.25) is 0 Å². The summed E-state index contributed by atoms with van der Waals surface area (Å²) >= 11 is 0. The molecule has 37 heavy (non-hydrogen) atoms. The quantitative estimate of drug-likeness (QED) is 0.535. The third kappa shape index (κ3) is 6.02. The number of carbonyl (C=O) groups is 2. The molecule has 3 atom stereocenters. The molecule has 0 radical (unpaired) electrons. The van der Waals surface area contributed by atoms with Crippen LogP contribution in [-0.2, 0) is 33.5 Å². The Labute approximate surface area is 213 Å². The summed E-state index contributed by atoms with van der Waals surface area (Å²) in [7, 11) is 0. The van der Waals surface area contributed by atoms with Crippen molar-refractivity contribution in [2.24, 2.45) is 5.92 Å². The molecular weight excluding hydrogens is 487 g/mol. The van der Waals surface area contributed by atoms with Crippen LogP contribution in [0.25, 0.3) is 0 Å². The van der Waals surface area contributed by atoms with Gasteiger partial charge in [0.05, 0.1) is 37.1 Å². The zero-order valence-corrected chi connectivity index (χ0v) is 20.5. The van der Waals surface area contributed by atoms with Crippen LogP contribution in [0.4, 0.5) is 13.2 Å². The van der Waals surface area contributed by atoms with E-state index in [9.17, 15) is 22.8 Å². The minimum Gasteiger partial charge on any atom is -0.380 e. The first-order valence-electron chi connectivity index (χ1n) is 12.6. The highest BCUT2D eigenvalue weighted by atomic mass is 19.4. The number of hydrogen-bond acceptors (Lipinski definition) is 6. The molecule has 198 valence electrons. The lowest BCUT2D eigenvalue weighted by atomic mass is 9.95. The van der Waals surface area contributed by atoms with Crippen molar-refractivity contribution in [3.8, 4) is 0 Å². The SMILES string of the molecule is O=C(CC1CN(C2CCOC2)C[C@@H]1OCc1ccccn1)CN1CCc2ccc(C(F)(F)F)cc2C1=O. The van der Waals surface area contributed by atoms with Gasteiger partial charge in [-0.15, -0.1) is 0 Å². The molecule has 2 saturated heterocycles. The summed E-state index contributed by atoms with van der Waals surface area (Å²) in [5.74, 6) is -0.703. The Morgan fingerprint density at radius 3 is 2.78 bits per heavy atom. The van der Waals surface area contributed by atoms with E-state index >= 15 is 0 Å². The fraction of sp³-hybridized carbons (Fsp3) is 0.519. The van der Waals surface area contributed by atoms with Crippen molar-refractivity contribution in [2.75, 3.05) is 39.4 Å². The molecule has 5 rings (SSSR count). The number of carbonyl (C=O) groups excluding carboxylic acids is 2. The fourth-order valence-electron chi connectivity index (χ4n) is 5.46. The topological polar surface area (TPSA) is 72.0 Å². The lowest BCUT2D eigenvalue weighted by Crippen LogP contribution is -2.41. The average Bonchev–Trinajstić information content (AvgIpc) is 3.55. The Balaban J connectivity index is 1.23. The van der Waals surface area contributed by atoms with E-state index in [1.165, 1.54) is 11.0 Å². The second-order valence-electron chi connectivity index (χ2n) is 9.99. The Hall–Kier alpha value is -2.82. The molecule has 1 aromatic heterocycles. The van der Waals surface area contributed by atoms with Gasteiger partial charge < -0.3 is 14.4 Å². The van der Waals surface area contributed by atoms with E-state index in [4.69, 9.17) is 9.47 Å². The smallest absolute Gasteiger partial charge is 0.380 e. The van der Waals surface area contributed by atoms with Crippen LogP contribution in [0.2, 0.25) is 0 Å². The molecule has 0 N–H and O–H groups in total. The zero-order valence-electron chi connectivity index (χ0n) is 20.5.